The van der Waals surface area contributed by atoms with Gasteiger partial charge in [-0.3, -0.25) is 4.79 Å². The van der Waals surface area contributed by atoms with Crippen LogP contribution in [0, 0.1) is 0 Å². The quantitative estimate of drug-likeness (QED) is 0.645. The summed E-state index contributed by atoms with van der Waals surface area (Å²) in [6.07, 6.45) is 0.849. The van der Waals surface area contributed by atoms with Gasteiger partial charge in [0.05, 0.1) is 18.3 Å². The zero-order valence-corrected chi connectivity index (χ0v) is 10.7. The highest BCUT2D eigenvalue weighted by atomic mass is 79.9. The molecule has 0 saturated heterocycles. The highest BCUT2D eigenvalue weighted by Crippen LogP contribution is 2.16. The molecule has 0 fully saturated rings. The minimum atomic E-state index is -0.441. The lowest BCUT2D eigenvalue weighted by molar-refractivity contribution is 0.111. The van der Waals surface area contributed by atoms with E-state index in [9.17, 15) is 9.90 Å². The summed E-state index contributed by atoms with van der Waals surface area (Å²) in [6, 6.07) is 7.04. The predicted molar refractivity (Wildman–Crippen MR) is 66.3 cm³/mol. The molecular weight excluding hydrogens is 272 g/mol. The molecule has 0 bridgehead atoms. The van der Waals surface area contributed by atoms with E-state index in [0.29, 0.717) is 24.3 Å². The van der Waals surface area contributed by atoms with Crippen LogP contribution in [0.3, 0.4) is 0 Å². The van der Waals surface area contributed by atoms with Gasteiger partial charge >= 0.3 is 0 Å². The van der Waals surface area contributed by atoms with Gasteiger partial charge in [-0.25, -0.2) is 0 Å². The summed E-state index contributed by atoms with van der Waals surface area (Å²) in [5.41, 5.74) is 0.531. The minimum Gasteiger partial charge on any atom is -0.493 e. The fraction of sp³-hybridized carbons (Fsp3) is 0.417. The molecule has 88 valence electrons. The van der Waals surface area contributed by atoms with Gasteiger partial charge in [0.15, 0.2) is 6.29 Å². The zero-order chi connectivity index (χ0) is 12.0. The van der Waals surface area contributed by atoms with Gasteiger partial charge in [-0.15, -0.1) is 0 Å². The molecule has 0 amide bonds. The SMILES string of the molecule is CC(Br)C(O)CCOc1ccccc1C=O. The molecule has 16 heavy (non-hydrogen) atoms. The maximum atomic E-state index is 10.7. The van der Waals surface area contributed by atoms with Gasteiger partial charge in [0.25, 0.3) is 0 Å². The van der Waals surface area contributed by atoms with Crippen LogP contribution in [0.15, 0.2) is 24.3 Å². The van der Waals surface area contributed by atoms with E-state index in [-0.39, 0.29) is 4.83 Å². The van der Waals surface area contributed by atoms with Crippen molar-refractivity contribution in [3.63, 3.8) is 0 Å². The summed E-state index contributed by atoms with van der Waals surface area (Å²) in [6.45, 7) is 2.27. The van der Waals surface area contributed by atoms with Gasteiger partial charge in [0, 0.05) is 11.2 Å². The maximum Gasteiger partial charge on any atom is 0.153 e. The Bertz CT molecular complexity index is 339. The van der Waals surface area contributed by atoms with Crippen molar-refractivity contribution in [3.05, 3.63) is 29.8 Å². The molecule has 1 aromatic rings. The smallest absolute Gasteiger partial charge is 0.153 e. The topological polar surface area (TPSA) is 46.5 Å². The average Bonchev–Trinajstić information content (AvgIpc) is 2.29. The van der Waals surface area contributed by atoms with E-state index in [0.717, 1.165) is 6.29 Å². The fourth-order valence-electron chi connectivity index (χ4n) is 1.23. The summed E-state index contributed by atoms with van der Waals surface area (Å²) in [4.78, 5) is 10.7. The van der Waals surface area contributed by atoms with Crippen LogP contribution in [-0.4, -0.2) is 28.9 Å². The highest BCUT2D eigenvalue weighted by Gasteiger charge is 2.10. The Morgan fingerprint density at radius 1 is 1.50 bits per heavy atom. The fourth-order valence-corrected chi connectivity index (χ4v) is 1.49. The Balaban J connectivity index is 2.45. The van der Waals surface area contributed by atoms with Crippen LogP contribution in [0.4, 0.5) is 0 Å². The van der Waals surface area contributed by atoms with Crippen LogP contribution in [0.2, 0.25) is 0 Å². The van der Waals surface area contributed by atoms with E-state index in [4.69, 9.17) is 4.74 Å². The number of rotatable bonds is 6. The van der Waals surface area contributed by atoms with E-state index in [1.165, 1.54) is 0 Å². The van der Waals surface area contributed by atoms with Crippen LogP contribution in [0.25, 0.3) is 0 Å². The first-order chi connectivity index (χ1) is 7.65. The van der Waals surface area contributed by atoms with E-state index in [1.807, 2.05) is 13.0 Å². The van der Waals surface area contributed by atoms with Gasteiger partial charge in [-0.05, 0) is 12.1 Å². The molecule has 1 aromatic carbocycles. The number of halogens is 1. The number of carbonyl (C=O) groups is 1. The van der Waals surface area contributed by atoms with E-state index < -0.39 is 6.10 Å². The molecule has 0 heterocycles. The predicted octanol–water partition coefficient (Wildman–Crippen LogP) is 2.41. The van der Waals surface area contributed by atoms with Crippen LogP contribution in [0.5, 0.6) is 5.75 Å². The zero-order valence-electron chi connectivity index (χ0n) is 9.10. The van der Waals surface area contributed by atoms with Gasteiger partial charge < -0.3 is 9.84 Å². The molecular formula is C12H15BrO3. The normalized spacial score (nSPS) is 14.2. The van der Waals surface area contributed by atoms with Crippen molar-refractivity contribution in [2.24, 2.45) is 0 Å². The van der Waals surface area contributed by atoms with Gasteiger partial charge in [0.1, 0.15) is 5.75 Å². The van der Waals surface area contributed by atoms with Crippen LogP contribution >= 0.6 is 15.9 Å². The molecule has 1 N–H and O–H groups in total. The average molecular weight is 287 g/mol. The van der Waals surface area contributed by atoms with Crippen molar-refractivity contribution in [1.82, 2.24) is 0 Å². The minimum absolute atomic E-state index is 0.0393. The van der Waals surface area contributed by atoms with Crippen molar-refractivity contribution >= 4 is 22.2 Å². The van der Waals surface area contributed by atoms with E-state index in [2.05, 4.69) is 15.9 Å². The Labute approximate surface area is 104 Å². The maximum absolute atomic E-state index is 10.7. The van der Waals surface area contributed by atoms with E-state index >= 15 is 0 Å². The first kappa shape index (κ1) is 13.2. The van der Waals surface area contributed by atoms with Crippen molar-refractivity contribution < 1.29 is 14.6 Å². The first-order valence-electron chi connectivity index (χ1n) is 5.14. The number of benzene rings is 1. The molecule has 0 spiro atoms. The standard InChI is InChI=1S/C12H15BrO3/c1-9(13)11(15)6-7-16-12-5-3-2-4-10(12)8-14/h2-5,8-9,11,15H,6-7H2,1H3. The lowest BCUT2D eigenvalue weighted by atomic mass is 10.2. The number of ether oxygens (including phenoxy) is 1. The van der Waals surface area contributed by atoms with Gasteiger partial charge in [-0.2, -0.15) is 0 Å². The number of aldehydes is 1. The third-order valence-electron chi connectivity index (χ3n) is 2.25. The number of para-hydroxylation sites is 1. The number of carbonyl (C=O) groups excluding carboxylic acids is 1. The lowest BCUT2D eigenvalue weighted by Gasteiger charge is -2.14. The van der Waals surface area contributed by atoms with Crippen molar-refractivity contribution in [1.29, 1.82) is 0 Å². The lowest BCUT2D eigenvalue weighted by Crippen LogP contribution is -2.20. The molecule has 0 aliphatic rings. The Kier molecular flexibility index (Phi) is 5.49. The van der Waals surface area contributed by atoms with Crippen molar-refractivity contribution in [2.75, 3.05) is 6.61 Å². The molecule has 0 aromatic heterocycles. The summed E-state index contributed by atoms with van der Waals surface area (Å²) >= 11 is 3.29. The number of hydrogen-bond acceptors (Lipinski definition) is 3. The second-order valence-electron chi connectivity index (χ2n) is 3.54. The first-order valence-corrected chi connectivity index (χ1v) is 6.06. The van der Waals surface area contributed by atoms with Crippen molar-refractivity contribution in [3.8, 4) is 5.75 Å². The number of aliphatic hydroxyl groups is 1. The Hall–Kier alpha value is -0.870. The Morgan fingerprint density at radius 2 is 2.19 bits per heavy atom. The summed E-state index contributed by atoms with van der Waals surface area (Å²) in [5, 5.41) is 9.53. The summed E-state index contributed by atoms with van der Waals surface area (Å²) in [7, 11) is 0. The molecule has 2 unspecified atom stereocenters. The Morgan fingerprint density at radius 3 is 2.81 bits per heavy atom. The third kappa shape index (κ3) is 3.94. The third-order valence-corrected chi connectivity index (χ3v) is 2.86. The number of hydrogen-bond donors (Lipinski definition) is 1. The molecule has 0 radical (unpaired) electrons. The van der Waals surface area contributed by atoms with Crippen LogP contribution in [0.1, 0.15) is 23.7 Å². The summed E-state index contributed by atoms with van der Waals surface area (Å²) < 4.78 is 5.44. The monoisotopic (exact) mass is 286 g/mol. The number of aliphatic hydroxyl groups excluding tert-OH is 1. The molecule has 2 atom stereocenters. The molecule has 3 nitrogen and oxygen atoms in total. The van der Waals surface area contributed by atoms with Crippen LogP contribution in [-0.2, 0) is 0 Å². The second kappa shape index (κ2) is 6.66. The molecule has 0 saturated carbocycles. The van der Waals surface area contributed by atoms with Gasteiger partial charge in [0.2, 0.25) is 0 Å². The van der Waals surface area contributed by atoms with E-state index in [1.54, 1.807) is 18.2 Å². The molecule has 4 heteroatoms. The van der Waals surface area contributed by atoms with Gasteiger partial charge in [-0.1, -0.05) is 35.0 Å². The molecule has 1 rings (SSSR count). The number of alkyl halides is 1. The summed E-state index contributed by atoms with van der Waals surface area (Å²) in [5.74, 6) is 0.562. The molecule has 0 aliphatic heterocycles. The largest absolute Gasteiger partial charge is 0.493 e. The van der Waals surface area contributed by atoms with Crippen LogP contribution < -0.4 is 4.74 Å². The van der Waals surface area contributed by atoms with Crippen molar-refractivity contribution in [2.45, 2.75) is 24.3 Å². The second-order valence-corrected chi connectivity index (χ2v) is 4.98. The molecule has 0 aliphatic carbocycles. The highest BCUT2D eigenvalue weighted by molar-refractivity contribution is 9.09.